The minimum absolute atomic E-state index is 0.0814. The van der Waals surface area contributed by atoms with Crippen LogP contribution < -0.4 is 0 Å². The lowest BCUT2D eigenvalue weighted by atomic mass is 10.1. The molecule has 0 fully saturated rings. The van der Waals surface area contributed by atoms with Gasteiger partial charge in [0.1, 0.15) is 11.3 Å². The fraction of sp³-hybridized carbons (Fsp3) is 0. The van der Waals surface area contributed by atoms with Crippen molar-refractivity contribution in [3.8, 4) is 0 Å². The number of fused-ring (bicyclic) bond motifs is 1. The average Bonchev–Trinajstić information content (AvgIpc) is 2.88. The van der Waals surface area contributed by atoms with Crippen LogP contribution in [0.2, 0.25) is 5.02 Å². The fourth-order valence-corrected chi connectivity index (χ4v) is 2.08. The van der Waals surface area contributed by atoms with Crippen molar-refractivity contribution in [1.82, 2.24) is 0 Å². The first kappa shape index (κ1) is 12.7. The highest BCUT2D eigenvalue weighted by atomic mass is 35.5. The van der Waals surface area contributed by atoms with E-state index in [9.17, 15) is 4.79 Å². The monoisotopic (exact) mass is 282 g/mol. The molecule has 2 nitrogen and oxygen atoms in total. The van der Waals surface area contributed by atoms with Crippen LogP contribution in [0.1, 0.15) is 16.1 Å². The minimum atomic E-state index is -0.0814. The average molecular weight is 283 g/mol. The Morgan fingerprint density at radius 3 is 2.55 bits per heavy atom. The van der Waals surface area contributed by atoms with Gasteiger partial charge >= 0.3 is 0 Å². The summed E-state index contributed by atoms with van der Waals surface area (Å²) in [5.74, 6) is 0.579. The molecule has 1 heterocycles. The molecule has 0 bridgehead atoms. The van der Waals surface area contributed by atoms with Crippen LogP contribution in [0.15, 0.2) is 65.1 Å². The summed E-state index contributed by atoms with van der Waals surface area (Å²) in [5, 5.41) is 1.63. The highest BCUT2D eigenvalue weighted by Crippen LogP contribution is 2.20. The molecule has 20 heavy (non-hydrogen) atoms. The molecule has 3 rings (SSSR count). The third-order valence-electron chi connectivity index (χ3n) is 2.97. The largest absolute Gasteiger partial charge is 0.457 e. The predicted molar refractivity (Wildman–Crippen MR) is 81.0 cm³/mol. The van der Waals surface area contributed by atoms with E-state index in [-0.39, 0.29) is 5.78 Å². The van der Waals surface area contributed by atoms with E-state index in [1.54, 1.807) is 30.3 Å². The Labute approximate surface area is 121 Å². The molecule has 0 aliphatic rings. The maximum atomic E-state index is 12.0. The first-order valence-corrected chi connectivity index (χ1v) is 6.57. The second kappa shape index (κ2) is 5.35. The molecule has 3 heteroatoms. The number of furan rings is 1. The Morgan fingerprint density at radius 2 is 1.80 bits per heavy atom. The number of hydrogen-bond donors (Lipinski definition) is 0. The number of para-hydroxylation sites is 1. The van der Waals surface area contributed by atoms with Gasteiger partial charge in [-0.05, 0) is 48.6 Å². The molecule has 0 radical (unpaired) electrons. The Balaban J connectivity index is 1.82. The van der Waals surface area contributed by atoms with Crippen LogP contribution in [0.25, 0.3) is 17.0 Å². The summed E-state index contributed by atoms with van der Waals surface area (Å²) in [7, 11) is 0. The van der Waals surface area contributed by atoms with Gasteiger partial charge in [-0.15, -0.1) is 0 Å². The molecule has 2 aromatic carbocycles. The van der Waals surface area contributed by atoms with E-state index in [0.717, 1.165) is 11.0 Å². The molecule has 0 N–H and O–H groups in total. The van der Waals surface area contributed by atoms with Gasteiger partial charge in [0, 0.05) is 16.0 Å². The molecule has 0 aliphatic carbocycles. The molecule has 98 valence electrons. The predicted octanol–water partition coefficient (Wildman–Crippen LogP) is 4.98. The SMILES string of the molecule is O=C(/C=C/c1cc2ccccc2o1)c1ccc(Cl)cc1. The van der Waals surface area contributed by atoms with Gasteiger partial charge in [0.25, 0.3) is 0 Å². The van der Waals surface area contributed by atoms with Gasteiger partial charge in [0.05, 0.1) is 0 Å². The summed E-state index contributed by atoms with van der Waals surface area (Å²) in [5.41, 5.74) is 1.41. The Hall–Kier alpha value is -2.32. The van der Waals surface area contributed by atoms with Crippen molar-refractivity contribution < 1.29 is 9.21 Å². The zero-order chi connectivity index (χ0) is 13.9. The smallest absolute Gasteiger partial charge is 0.185 e. The van der Waals surface area contributed by atoms with Gasteiger partial charge in [-0.3, -0.25) is 4.79 Å². The molecule has 0 saturated carbocycles. The molecular formula is C17H11ClO2. The molecule has 1 aromatic heterocycles. The molecular weight excluding hydrogens is 272 g/mol. The maximum absolute atomic E-state index is 12.0. The number of allylic oxidation sites excluding steroid dienone is 1. The normalized spacial score (nSPS) is 11.2. The van der Waals surface area contributed by atoms with Crippen molar-refractivity contribution in [3.63, 3.8) is 0 Å². The van der Waals surface area contributed by atoms with Gasteiger partial charge < -0.3 is 4.42 Å². The van der Waals surface area contributed by atoms with Crippen molar-refractivity contribution in [2.75, 3.05) is 0 Å². The van der Waals surface area contributed by atoms with Crippen molar-refractivity contribution >= 4 is 34.4 Å². The van der Waals surface area contributed by atoms with E-state index in [0.29, 0.717) is 16.3 Å². The van der Waals surface area contributed by atoms with Gasteiger partial charge in [0.15, 0.2) is 5.78 Å². The molecule has 0 aliphatic heterocycles. The number of halogens is 1. The molecule has 3 aromatic rings. The topological polar surface area (TPSA) is 30.2 Å². The quantitative estimate of drug-likeness (QED) is 0.501. The van der Waals surface area contributed by atoms with Gasteiger partial charge in [-0.1, -0.05) is 29.8 Å². The van der Waals surface area contributed by atoms with E-state index in [2.05, 4.69) is 0 Å². The third-order valence-corrected chi connectivity index (χ3v) is 3.22. The molecule has 0 saturated heterocycles. The molecule has 0 amide bonds. The maximum Gasteiger partial charge on any atom is 0.185 e. The number of rotatable bonds is 3. The fourth-order valence-electron chi connectivity index (χ4n) is 1.95. The first-order chi connectivity index (χ1) is 9.72. The first-order valence-electron chi connectivity index (χ1n) is 6.19. The van der Waals surface area contributed by atoms with E-state index in [4.69, 9.17) is 16.0 Å². The Kier molecular flexibility index (Phi) is 3.40. The summed E-state index contributed by atoms with van der Waals surface area (Å²) < 4.78 is 5.61. The van der Waals surface area contributed by atoms with E-state index >= 15 is 0 Å². The van der Waals surface area contributed by atoms with Gasteiger partial charge in [-0.25, -0.2) is 0 Å². The number of hydrogen-bond acceptors (Lipinski definition) is 2. The van der Waals surface area contributed by atoms with Crippen LogP contribution in [0.3, 0.4) is 0 Å². The molecule has 0 spiro atoms. The number of carbonyl (C=O) groups excluding carboxylic acids is 1. The Morgan fingerprint density at radius 1 is 1.05 bits per heavy atom. The van der Waals surface area contributed by atoms with Crippen LogP contribution in [-0.2, 0) is 0 Å². The molecule has 0 atom stereocenters. The zero-order valence-electron chi connectivity index (χ0n) is 10.5. The van der Waals surface area contributed by atoms with E-state index in [1.165, 1.54) is 6.08 Å². The van der Waals surface area contributed by atoms with Crippen LogP contribution >= 0.6 is 11.6 Å². The van der Waals surface area contributed by atoms with Crippen LogP contribution in [0.5, 0.6) is 0 Å². The summed E-state index contributed by atoms with van der Waals surface area (Å²) >= 11 is 5.79. The van der Waals surface area contributed by atoms with Crippen LogP contribution in [0, 0.1) is 0 Å². The summed E-state index contributed by atoms with van der Waals surface area (Å²) in [6.45, 7) is 0. The summed E-state index contributed by atoms with van der Waals surface area (Å²) in [6.07, 6.45) is 3.18. The zero-order valence-corrected chi connectivity index (χ0v) is 11.3. The second-order valence-electron chi connectivity index (χ2n) is 4.39. The van der Waals surface area contributed by atoms with E-state index in [1.807, 2.05) is 30.3 Å². The summed E-state index contributed by atoms with van der Waals surface area (Å²) in [4.78, 5) is 12.0. The lowest BCUT2D eigenvalue weighted by Crippen LogP contribution is -1.92. The van der Waals surface area contributed by atoms with Crippen molar-refractivity contribution in [2.45, 2.75) is 0 Å². The number of benzene rings is 2. The van der Waals surface area contributed by atoms with Crippen molar-refractivity contribution in [3.05, 3.63) is 77.0 Å². The number of ketones is 1. The lowest BCUT2D eigenvalue weighted by molar-refractivity contribution is 0.104. The lowest BCUT2D eigenvalue weighted by Gasteiger charge is -1.95. The van der Waals surface area contributed by atoms with Crippen LogP contribution in [0.4, 0.5) is 0 Å². The van der Waals surface area contributed by atoms with Crippen molar-refractivity contribution in [1.29, 1.82) is 0 Å². The van der Waals surface area contributed by atoms with E-state index < -0.39 is 0 Å². The highest BCUT2D eigenvalue weighted by molar-refractivity contribution is 6.30. The van der Waals surface area contributed by atoms with Crippen LogP contribution in [-0.4, -0.2) is 5.78 Å². The molecule has 0 unspecified atom stereocenters. The Bertz CT molecular complexity index is 749. The highest BCUT2D eigenvalue weighted by Gasteiger charge is 2.03. The standard InChI is InChI=1S/C17H11ClO2/c18-14-7-5-12(6-8-14)16(19)10-9-15-11-13-3-1-2-4-17(13)20-15/h1-11H/b10-9+. The van der Waals surface area contributed by atoms with Gasteiger partial charge in [-0.2, -0.15) is 0 Å². The summed E-state index contributed by atoms with van der Waals surface area (Å²) in [6, 6.07) is 16.4. The van der Waals surface area contributed by atoms with Crippen molar-refractivity contribution in [2.24, 2.45) is 0 Å². The third kappa shape index (κ3) is 2.65. The second-order valence-corrected chi connectivity index (χ2v) is 4.83. The number of carbonyl (C=O) groups is 1. The van der Waals surface area contributed by atoms with Gasteiger partial charge in [0.2, 0.25) is 0 Å². The minimum Gasteiger partial charge on any atom is -0.457 e.